The molecule has 2 atom stereocenters. The highest BCUT2D eigenvalue weighted by molar-refractivity contribution is 7.86. The summed E-state index contributed by atoms with van der Waals surface area (Å²) < 4.78 is 31.1. The van der Waals surface area contributed by atoms with Crippen LogP contribution in [0.15, 0.2) is 0 Å². The maximum Gasteiger partial charge on any atom is 0.267 e. The van der Waals surface area contributed by atoms with Crippen LogP contribution in [0.5, 0.6) is 0 Å². The van der Waals surface area contributed by atoms with Gasteiger partial charge in [-0.15, -0.1) is 0 Å². The van der Waals surface area contributed by atoms with E-state index < -0.39 is 21.5 Å². The first kappa shape index (κ1) is 15.9. The number of hydrogen-bond donors (Lipinski definition) is 2. The van der Waals surface area contributed by atoms with Gasteiger partial charge in [0.1, 0.15) is 0 Å². The number of aliphatic hydroxyl groups excluding tert-OH is 1. The molecule has 98 valence electrons. The molecule has 0 aliphatic heterocycles. The summed E-state index contributed by atoms with van der Waals surface area (Å²) in [6.45, 7) is 3.66. The Balaban J connectivity index is 3.94. The van der Waals surface area contributed by atoms with E-state index in [1.807, 2.05) is 0 Å². The van der Waals surface area contributed by atoms with Gasteiger partial charge in [-0.3, -0.25) is 4.55 Å². The molecule has 4 nitrogen and oxygen atoms in total. The van der Waals surface area contributed by atoms with Crippen molar-refractivity contribution < 1.29 is 18.1 Å². The van der Waals surface area contributed by atoms with Crippen molar-refractivity contribution in [3.63, 3.8) is 0 Å². The molecule has 0 saturated carbocycles. The first-order valence-corrected chi connectivity index (χ1v) is 7.52. The molecule has 0 amide bonds. The van der Waals surface area contributed by atoms with E-state index in [0.29, 0.717) is 6.42 Å². The zero-order valence-corrected chi connectivity index (χ0v) is 11.0. The Morgan fingerprint density at radius 3 is 2.12 bits per heavy atom. The van der Waals surface area contributed by atoms with Crippen LogP contribution in [0.2, 0.25) is 0 Å². The highest BCUT2D eigenvalue weighted by atomic mass is 32.2. The van der Waals surface area contributed by atoms with Crippen LogP contribution in [0.3, 0.4) is 0 Å². The number of aliphatic hydroxyl groups is 1. The van der Waals surface area contributed by atoms with Crippen LogP contribution in [0.4, 0.5) is 0 Å². The predicted molar refractivity (Wildman–Crippen MR) is 65.0 cm³/mol. The van der Waals surface area contributed by atoms with Gasteiger partial charge in [-0.2, -0.15) is 8.42 Å². The summed E-state index contributed by atoms with van der Waals surface area (Å²) in [5.74, 6) is 0. The Bertz CT molecular complexity index is 259. The second kappa shape index (κ2) is 8.03. The van der Waals surface area contributed by atoms with Crippen LogP contribution >= 0.6 is 0 Å². The summed E-state index contributed by atoms with van der Waals surface area (Å²) in [6.07, 6.45) is 5.05. The zero-order chi connectivity index (χ0) is 12.6. The molecule has 0 fully saturated rings. The summed E-state index contributed by atoms with van der Waals surface area (Å²) in [5, 5.41) is 8.34. The minimum absolute atomic E-state index is 0.118. The number of rotatable bonds is 9. The zero-order valence-electron chi connectivity index (χ0n) is 10.2. The van der Waals surface area contributed by atoms with Crippen LogP contribution in [-0.2, 0) is 10.1 Å². The lowest BCUT2D eigenvalue weighted by Gasteiger charge is -2.15. The molecule has 0 aromatic rings. The van der Waals surface area contributed by atoms with Crippen molar-refractivity contribution in [3.05, 3.63) is 0 Å². The lowest BCUT2D eigenvalue weighted by Crippen LogP contribution is -2.24. The van der Waals surface area contributed by atoms with E-state index in [1.54, 1.807) is 0 Å². The first-order valence-electron chi connectivity index (χ1n) is 6.02. The highest BCUT2D eigenvalue weighted by Crippen LogP contribution is 2.16. The third kappa shape index (κ3) is 8.07. The average molecular weight is 252 g/mol. The lowest BCUT2D eigenvalue weighted by atomic mass is 10.1. The van der Waals surface area contributed by atoms with Crippen LogP contribution < -0.4 is 0 Å². The first-order chi connectivity index (χ1) is 7.38. The van der Waals surface area contributed by atoms with Crippen molar-refractivity contribution >= 4 is 10.1 Å². The normalized spacial score (nSPS) is 16.0. The molecule has 0 aliphatic carbocycles. The molecular weight excluding hydrogens is 228 g/mol. The van der Waals surface area contributed by atoms with Crippen molar-refractivity contribution in [2.45, 2.75) is 70.1 Å². The molecule has 0 saturated heterocycles. The minimum Gasteiger partial charge on any atom is -0.393 e. The van der Waals surface area contributed by atoms with Crippen molar-refractivity contribution in [1.82, 2.24) is 0 Å². The predicted octanol–water partition coefficient (Wildman–Crippen LogP) is 2.37. The Kier molecular flexibility index (Phi) is 7.97. The van der Waals surface area contributed by atoms with Gasteiger partial charge in [-0.1, -0.05) is 39.0 Å². The molecule has 2 unspecified atom stereocenters. The van der Waals surface area contributed by atoms with E-state index in [9.17, 15) is 8.42 Å². The Hall–Kier alpha value is -0.130. The quantitative estimate of drug-likeness (QED) is 0.488. The van der Waals surface area contributed by atoms with E-state index >= 15 is 0 Å². The summed E-state index contributed by atoms with van der Waals surface area (Å²) in [7, 11) is -4.01. The van der Waals surface area contributed by atoms with Crippen molar-refractivity contribution in [2.24, 2.45) is 0 Å². The Morgan fingerprint density at radius 2 is 1.69 bits per heavy atom. The van der Waals surface area contributed by atoms with E-state index in [4.69, 9.17) is 9.66 Å². The molecule has 0 spiro atoms. The lowest BCUT2D eigenvalue weighted by molar-refractivity contribution is 0.179. The molecule has 0 heterocycles. The third-order valence-electron chi connectivity index (χ3n) is 2.65. The fourth-order valence-corrected chi connectivity index (χ4v) is 2.73. The molecule has 0 radical (unpaired) electrons. The van der Waals surface area contributed by atoms with Crippen molar-refractivity contribution in [1.29, 1.82) is 0 Å². The third-order valence-corrected chi connectivity index (χ3v) is 3.93. The van der Waals surface area contributed by atoms with Gasteiger partial charge < -0.3 is 5.11 Å². The molecule has 5 heteroatoms. The molecule has 0 bridgehead atoms. The van der Waals surface area contributed by atoms with E-state index in [0.717, 1.165) is 32.1 Å². The van der Waals surface area contributed by atoms with Gasteiger partial charge in [0.25, 0.3) is 10.1 Å². The summed E-state index contributed by atoms with van der Waals surface area (Å²) in [4.78, 5) is 0. The second-order valence-electron chi connectivity index (χ2n) is 4.42. The van der Waals surface area contributed by atoms with E-state index in [1.165, 1.54) is 6.92 Å². The number of hydrogen-bond acceptors (Lipinski definition) is 3. The maximum atomic E-state index is 11.0. The highest BCUT2D eigenvalue weighted by Gasteiger charge is 2.23. The smallest absolute Gasteiger partial charge is 0.267 e. The van der Waals surface area contributed by atoms with Crippen molar-refractivity contribution in [2.75, 3.05) is 0 Å². The van der Waals surface area contributed by atoms with Gasteiger partial charge in [0.05, 0.1) is 11.4 Å². The van der Waals surface area contributed by atoms with Gasteiger partial charge in [0.2, 0.25) is 0 Å². The van der Waals surface area contributed by atoms with Crippen LogP contribution in [-0.4, -0.2) is 29.4 Å². The van der Waals surface area contributed by atoms with Crippen LogP contribution in [0.1, 0.15) is 58.8 Å². The second-order valence-corrected chi connectivity index (χ2v) is 6.12. The summed E-state index contributed by atoms with van der Waals surface area (Å²) in [6, 6.07) is 0. The minimum atomic E-state index is -4.01. The monoisotopic (exact) mass is 252 g/mol. The van der Waals surface area contributed by atoms with Gasteiger partial charge >= 0.3 is 0 Å². The molecule has 16 heavy (non-hydrogen) atoms. The number of unbranched alkanes of at least 4 members (excludes halogenated alkanes) is 4. The Morgan fingerprint density at radius 1 is 1.12 bits per heavy atom. The fourth-order valence-electron chi connectivity index (χ4n) is 1.74. The largest absolute Gasteiger partial charge is 0.393 e. The molecule has 0 rings (SSSR count). The van der Waals surface area contributed by atoms with Crippen molar-refractivity contribution in [3.8, 4) is 0 Å². The Labute approximate surface area is 98.8 Å². The molecule has 0 aromatic carbocycles. The van der Waals surface area contributed by atoms with E-state index in [2.05, 4.69) is 6.92 Å². The topological polar surface area (TPSA) is 74.6 Å². The molecule has 2 N–H and O–H groups in total. The van der Waals surface area contributed by atoms with Gasteiger partial charge in [0, 0.05) is 0 Å². The van der Waals surface area contributed by atoms with Gasteiger partial charge in [-0.05, 0) is 19.8 Å². The van der Waals surface area contributed by atoms with Gasteiger partial charge in [-0.25, -0.2) is 0 Å². The maximum absolute atomic E-state index is 11.0. The standard InChI is InChI=1S/C11H24O4S/c1-3-4-5-6-7-8-11(9-10(2)12)16(13,14)15/h10-12H,3-9H2,1-2H3,(H,13,14,15). The summed E-state index contributed by atoms with van der Waals surface area (Å²) in [5.41, 5.74) is 0. The van der Waals surface area contributed by atoms with E-state index in [-0.39, 0.29) is 6.42 Å². The van der Waals surface area contributed by atoms with Gasteiger partial charge in [0.15, 0.2) is 0 Å². The molecule has 0 aromatic heterocycles. The fraction of sp³-hybridized carbons (Fsp3) is 1.00. The average Bonchev–Trinajstić information content (AvgIpc) is 2.13. The van der Waals surface area contributed by atoms with Crippen LogP contribution in [0.25, 0.3) is 0 Å². The summed E-state index contributed by atoms with van der Waals surface area (Å²) >= 11 is 0. The molecular formula is C11H24O4S. The van der Waals surface area contributed by atoms with Crippen LogP contribution in [0, 0.1) is 0 Å². The molecule has 0 aliphatic rings. The SMILES string of the molecule is CCCCCCCC(CC(C)O)S(=O)(=O)O.